The Balaban J connectivity index is 1.57. The molecule has 30 heavy (non-hydrogen) atoms. The van der Waals surface area contributed by atoms with Gasteiger partial charge in [0.15, 0.2) is 5.76 Å². The van der Waals surface area contributed by atoms with Crippen molar-refractivity contribution < 1.29 is 14.4 Å². The van der Waals surface area contributed by atoms with Gasteiger partial charge in [-0.05, 0) is 49.6 Å². The Kier molecular flexibility index (Phi) is 4.51. The Labute approximate surface area is 178 Å². The predicted molar refractivity (Wildman–Crippen MR) is 118 cm³/mol. The maximum atomic E-state index is 12.6. The van der Waals surface area contributed by atoms with Crippen molar-refractivity contribution in [1.82, 2.24) is 5.16 Å². The third kappa shape index (κ3) is 3.13. The second-order valence-corrected chi connectivity index (χ2v) is 8.04. The van der Waals surface area contributed by atoms with Crippen LogP contribution in [0.2, 0.25) is 5.02 Å². The van der Waals surface area contributed by atoms with Crippen LogP contribution in [0.3, 0.4) is 0 Å². The molecule has 2 aromatic carbocycles. The van der Waals surface area contributed by atoms with Crippen molar-refractivity contribution in [1.29, 1.82) is 0 Å². The number of fused-ring (bicyclic) bond motifs is 1. The standard InChI is InChI=1S/C23H20ClN3O3/c1-13-10-20(30-26-13)22(28)21-17-11-16(18(24)12-19(17)25-23(21)29)14-4-6-15(7-5-14)27-8-2-3-9-27/h4-7,10-12,28H,2-3,8-9H2,1H3,(H,25,29). The van der Waals surface area contributed by atoms with E-state index in [1.807, 2.05) is 18.2 Å². The average Bonchev–Trinajstić information content (AvgIpc) is 3.47. The van der Waals surface area contributed by atoms with Crippen LogP contribution < -0.4 is 10.2 Å². The number of carbonyl (C=O) groups excluding carboxylic acids is 1. The van der Waals surface area contributed by atoms with Gasteiger partial charge < -0.3 is 19.8 Å². The molecule has 1 amide bonds. The van der Waals surface area contributed by atoms with E-state index in [9.17, 15) is 9.90 Å². The normalized spacial score (nSPS) is 17.3. The van der Waals surface area contributed by atoms with Crippen molar-refractivity contribution in [2.75, 3.05) is 23.3 Å². The number of nitrogens with zero attached hydrogens (tertiary/aromatic N) is 2. The Hall–Kier alpha value is -3.25. The Morgan fingerprint density at radius 3 is 2.53 bits per heavy atom. The van der Waals surface area contributed by atoms with E-state index in [4.69, 9.17) is 16.1 Å². The van der Waals surface area contributed by atoms with Crippen LogP contribution in [0.25, 0.3) is 22.5 Å². The third-order valence-electron chi connectivity index (χ3n) is 5.60. The second-order valence-electron chi connectivity index (χ2n) is 7.63. The number of aromatic nitrogens is 1. The number of aliphatic hydroxyl groups is 1. The first-order valence-electron chi connectivity index (χ1n) is 9.89. The van der Waals surface area contributed by atoms with Gasteiger partial charge in [0.2, 0.25) is 5.76 Å². The molecule has 2 aliphatic heterocycles. The van der Waals surface area contributed by atoms with Crippen LogP contribution in [0.5, 0.6) is 0 Å². The molecule has 0 aliphatic carbocycles. The summed E-state index contributed by atoms with van der Waals surface area (Å²) in [4.78, 5) is 14.9. The van der Waals surface area contributed by atoms with Crippen molar-refractivity contribution in [3.05, 3.63) is 64.5 Å². The van der Waals surface area contributed by atoms with Crippen LogP contribution in [-0.2, 0) is 4.79 Å². The zero-order chi connectivity index (χ0) is 20.8. The van der Waals surface area contributed by atoms with Crippen LogP contribution in [0.15, 0.2) is 47.0 Å². The van der Waals surface area contributed by atoms with Gasteiger partial charge in [0.05, 0.1) is 22.0 Å². The summed E-state index contributed by atoms with van der Waals surface area (Å²) in [5.41, 5.74) is 4.83. The van der Waals surface area contributed by atoms with Crippen molar-refractivity contribution in [3.63, 3.8) is 0 Å². The summed E-state index contributed by atoms with van der Waals surface area (Å²) in [6.45, 7) is 3.92. The van der Waals surface area contributed by atoms with E-state index in [0.29, 0.717) is 22.0 Å². The fourth-order valence-electron chi connectivity index (χ4n) is 4.07. The smallest absolute Gasteiger partial charge is 0.260 e. The van der Waals surface area contributed by atoms with Crippen LogP contribution in [0.1, 0.15) is 29.9 Å². The molecule has 0 saturated carbocycles. The molecule has 6 nitrogen and oxygen atoms in total. The molecule has 0 atom stereocenters. The molecule has 1 saturated heterocycles. The minimum Gasteiger partial charge on any atom is -0.504 e. The molecule has 2 aliphatic rings. The Morgan fingerprint density at radius 2 is 1.87 bits per heavy atom. The molecular weight excluding hydrogens is 402 g/mol. The van der Waals surface area contributed by atoms with Crippen LogP contribution in [-0.4, -0.2) is 29.3 Å². The van der Waals surface area contributed by atoms with Crippen LogP contribution in [0.4, 0.5) is 11.4 Å². The number of halogens is 1. The number of anilines is 2. The summed E-state index contributed by atoms with van der Waals surface area (Å²) < 4.78 is 5.13. The first kappa shape index (κ1) is 18.8. The number of nitrogens with one attached hydrogen (secondary N) is 1. The van der Waals surface area contributed by atoms with E-state index < -0.39 is 5.91 Å². The largest absolute Gasteiger partial charge is 0.504 e. The van der Waals surface area contributed by atoms with Crippen molar-refractivity contribution >= 4 is 40.2 Å². The molecule has 2 N–H and O–H groups in total. The van der Waals surface area contributed by atoms with E-state index in [0.717, 1.165) is 24.2 Å². The Bertz CT molecular complexity index is 1170. The lowest BCUT2D eigenvalue weighted by atomic mass is 9.98. The van der Waals surface area contributed by atoms with E-state index in [1.165, 1.54) is 18.5 Å². The molecule has 0 unspecified atom stereocenters. The van der Waals surface area contributed by atoms with Gasteiger partial charge >= 0.3 is 0 Å². The van der Waals surface area contributed by atoms with Crippen molar-refractivity contribution in [2.24, 2.45) is 0 Å². The number of amides is 1. The number of aliphatic hydroxyl groups excluding tert-OH is 1. The van der Waals surface area contributed by atoms with Crippen LogP contribution in [0, 0.1) is 6.92 Å². The first-order valence-corrected chi connectivity index (χ1v) is 10.3. The summed E-state index contributed by atoms with van der Waals surface area (Å²) in [7, 11) is 0. The molecule has 3 heterocycles. The third-order valence-corrected chi connectivity index (χ3v) is 5.91. The maximum absolute atomic E-state index is 12.6. The summed E-state index contributed by atoms with van der Waals surface area (Å²) in [6.07, 6.45) is 2.45. The summed E-state index contributed by atoms with van der Waals surface area (Å²) in [6, 6.07) is 13.4. The molecule has 0 bridgehead atoms. The number of aryl methyl sites for hydroxylation is 1. The molecule has 152 valence electrons. The molecular formula is C23H20ClN3O3. The zero-order valence-electron chi connectivity index (χ0n) is 16.4. The van der Waals surface area contributed by atoms with E-state index in [1.54, 1.807) is 19.1 Å². The minimum absolute atomic E-state index is 0.146. The second kappa shape index (κ2) is 7.22. The number of rotatable bonds is 3. The lowest BCUT2D eigenvalue weighted by Crippen LogP contribution is -2.17. The molecule has 1 aromatic heterocycles. The number of benzene rings is 2. The highest BCUT2D eigenvalue weighted by Crippen LogP contribution is 2.42. The highest BCUT2D eigenvalue weighted by molar-refractivity contribution is 6.38. The summed E-state index contributed by atoms with van der Waals surface area (Å²) >= 11 is 6.54. The van der Waals surface area contributed by atoms with Gasteiger partial charge in [-0.15, -0.1) is 0 Å². The van der Waals surface area contributed by atoms with E-state index >= 15 is 0 Å². The monoisotopic (exact) mass is 421 g/mol. The maximum Gasteiger partial charge on any atom is 0.260 e. The molecule has 0 spiro atoms. The predicted octanol–water partition coefficient (Wildman–Crippen LogP) is 5.28. The number of hydrogen-bond donors (Lipinski definition) is 2. The fraction of sp³-hybridized carbons (Fsp3) is 0.217. The van der Waals surface area contributed by atoms with Crippen LogP contribution >= 0.6 is 11.6 Å². The van der Waals surface area contributed by atoms with Gasteiger partial charge in [-0.25, -0.2) is 0 Å². The molecule has 7 heteroatoms. The zero-order valence-corrected chi connectivity index (χ0v) is 17.2. The van der Waals surface area contributed by atoms with Gasteiger partial charge in [0, 0.05) is 36.0 Å². The lowest BCUT2D eigenvalue weighted by molar-refractivity contribution is -0.110. The van der Waals surface area contributed by atoms with Crippen molar-refractivity contribution in [2.45, 2.75) is 19.8 Å². The Morgan fingerprint density at radius 1 is 1.13 bits per heavy atom. The molecule has 3 aromatic rings. The minimum atomic E-state index is -0.408. The summed E-state index contributed by atoms with van der Waals surface area (Å²) in [5, 5.41) is 17.8. The van der Waals surface area contributed by atoms with Gasteiger partial charge in [0.1, 0.15) is 0 Å². The van der Waals surface area contributed by atoms with E-state index in [2.05, 4.69) is 27.5 Å². The van der Waals surface area contributed by atoms with Crippen molar-refractivity contribution in [3.8, 4) is 11.1 Å². The van der Waals surface area contributed by atoms with Gasteiger partial charge in [-0.3, -0.25) is 4.79 Å². The first-order chi connectivity index (χ1) is 14.5. The average molecular weight is 422 g/mol. The number of carbonyl (C=O) groups is 1. The highest BCUT2D eigenvalue weighted by atomic mass is 35.5. The van der Waals surface area contributed by atoms with E-state index in [-0.39, 0.29) is 17.1 Å². The molecule has 0 radical (unpaired) electrons. The summed E-state index contributed by atoms with van der Waals surface area (Å²) in [5.74, 6) is -0.504. The lowest BCUT2D eigenvalue weighted by Gasteiger charge is -2.18. The topological polar surface area (TPSA) is 78.6 Å². The number of hydrogen-bond acceptors (Lipinski definition) is 5. The quantitative estimate of drug-likeness (QED) is 0.444. The molecule has 1 fully saturated rings. The van der Waals surface area contributed by atoms with Gasteiger partial charge in [-0.1, -0.05) is 28.9 Å². The van der Waals surface area contributed by atoms with Gasteiger partial charge in [0.25, 0.3) is 5.91 Å². The fourth-order valence-corrected chi connectivity index (χ4v) is 4.35. The molecule has 5 rings (SSSR count). The van der Waals surface area contributed by atoms with Gasteiger partial charge in [-0.2, -0.15) is 0 Å². The SMILES string of the molecule is Cc1cc(C(O)=C2C(=O)Nc3cc(Cl)c(-c4ccc(N5CCCC5)cc4)cc32)on1. The highest BCUT2D eigenvalue weighted by Gasteiger charge is 2.31.